The van der Waals surface area contributed by atoms with E-state index in [9.17, 15) is 4.79 Å². The SMILES string of the molecule is CC(=O)c1nnn(-c2cc(Br)ccc2Br)c1C. The number of hydrogen-bond donors (Lipinski definition) is 0. The molecule has 0 bridgehead atoms. The van der Waals surface area contributed by atoms with Gasteiger partial charge in [0, 0.05) is 15.9 Å². The zero-order valence-corrected chi connectivity index (χ0v) is 12.4. The Hall–Kier alpha value is -1.01. The van der Waals surface area contributed by atoms with Crippen molar-refractivity contribution in [3.8, 4) is 5.69 Å². The quantitative estimate of drug-likeness (QED) is 0.774. The van der Waals surface area contributed by atoms with Gasteiger partial charge in [-0.3, -0.25) is 4.79 Å². The first-order valence-corrected chi connectivity index (χ1v) is 6.48. The predicted octanol–water partition coefficient (Wildman–Crippen LogP) is 3.30. The van der Waals surface area contributed by atoms with Crippen molar-refractivity contribution in [2.75, 3.05) is 0 Å². The van der Waals surface area contributed by atoms with Crippen molar-refractivity contribution in [3.63, 3.8) is 0 Å². The average Bonchev–Trinajstić information content (AvgIpc) is 2.64. The lowest BCUT2D eigenvalue weighted by Crippen LogP contribution is -2.02. The average molecular weight is 359 g/mol. The summed E-state index contributed by atoms with van der Waals surface area (Å²) < 4.78 is 3.48. The highest BCUT2D eigenvalue weighted by atomic mass is 79.9. The van der Waals surface area contributed by atoms with Crippen molar-refractivity contribution >= 4 is 37.6 Å². The summed E-state index contributed by atoms with van der Waals surface area (Å²) in [4.78, 5) is 11.3. The first-order chi connectivity index (χ1) is 8.00. The van der Waals surface area contributed by atoms with Crippen molar-refractivity contribution in [2.24, 2.45) is 0 Å². The Balaban J connectivity index is 2.61. The second-order valence-electron chi connectivity index (χ2n) is 3.59. The van der Waals surface area contributed by atoms with Crippen molar-refractivity contribution < 1.29 is 4.79 Å². The molecule has 0 aliphatic carbocycles. The molecule has 2 aromatic rings. The molecule has 1 heterocycles. The Kier molecular flexibility index (Phi) is 3.44. The molecule has 1 aromatic heterocycles. The predicted molar refractivity (Wildman–Crippen MR) is 71.5 cm³/mol. The molecule has 17 heavy (non-hydrogen) atoms. The van der Waals surface area contributed by atoms with Gasteiger partial charge in [0.15, 0.2) is 11.5 Å². The van der Waals surface area contributed by atoms with Crippen LogP contribution in [0.1, 0.15) is 23.1 Å². The third kappa shape index (κ3) is 2.32. The summed E-state index contributed by atoms with van der Waals surface area (Å²) in [5.41, 5.74) is 1.98. The number of aromatic nitrogens is 3. The van der Waals surface area contributed by atoms with Crippen LogP contribution in [0.3, 0.4) is 0 Å². The number of hydrogen-bond acceptors (Lipinski definition) is 3. The second kappa shape index (κ2) is 4.70. The lowest BCUT2D eigenvalue weighted by molar-refractivity contribution is 0.101. The van der Waals surface area contributed by atoms with Crippen LogP contribution < -0.4 is 0 Å². The van der Waals surface area contributed by atoms with Crippen LogP contribution >= 0.6 is 31.9 Å². The van der Waals surface area contributed by atoms with Gasteiger partial charge in [0.25, 0.3) is 0 Å². The minimum absolute atomic E-state index is 0.0835. The van der Waals surface area contributed by atoms with Gasteiger partial charge in [0.1, 0.15) is 0 Å². The fraction of sp³-hybridized carbons (Fsp3) is 0.182. The minimum Gasteiger partial charge on any atom is -0.293 e. The van der Waals surface area contributed by atoms with Crippen LogP contribution in [-0.4, -0.2) is 20.8 Å². The molecule has 4 nitrogen and oxygen atoms in total. The van der Waals surface area contributed by atoms with Gasteiger partial charge in [0.05, 0.1) is 11.4 Å². The molecule has 0 spiro atoms. The minimum atomic E-state index is -0.0835. The number of benzene rings is 1. The van der Waals surface area contributed by atoms with Crippen molar-refractivity contribution in [2.45, 2.75) is 13.8 Å². The van der Waals surface area contributed by atoms with E-state index >= 15 is 0 Å². The van der Waals surface area contributed by atoms with Crippen LogP contribution in [-0.2, 0) is 0 Å². The lowest BCUT2D eigenvalue weighted by atomic mass is 10.2. The second-order valence-corrected chi connectivity index (χ2v) is 5.36. The highest BCUT2D eigenvalue weighted by Crippen LogP contribution is 2.25. The van der Waals surface area contributed by atoms with Crippen LogP contribution in [0.4, 0.5) is 0 Å². The van der Waals surface area contributed by atoms with E-state index in [0.29, 0.717) is 5.69 Å². The van der Waals surface area contributed by atoms with Crippen LogP contribution in [0.5, 0.6) is 0 Å². The topological polar surface area (TPSA) is 47.8 Å². The Labute approximate surface area is 115 Å². The maximum atomic E-state index is 11.3. The van der Waals surface area contributed by atoms with Crippen molar-refractivity contribution in [1.29, 1.82) is 0 Å². The summed E-state index contributed by atoms with van der Waals surface area (Å²) in [5, 5.41) is 7.89. The van der Waals surface area contributed by atoms with E-state index in [0.717, 1.165) is 20.3 Å². The molecule has 0 aliphatic rings. The van der Waals surface area contributed by atoms with Gasteiger partial charge in [-0.1, -0.05) is 21.1 Å². The Morgan fingerprint density at radius 3 is 2.65 bits per heavy atom. The van der Waals surface area contributed by atoms with Crippen molar-refractivity contribution in [1.82, 2.24) is 15.0 Å². The normalized spacial score (nSPS) is 10.6. The Morgan fingerprint density at radius 1 is 1.35 bits per heavy atom. The first kappa shape index (κ1) is 12.4. The Morgan fingerprint density at radius 2 is 2.06 bits per heavy atom. The van der Waals surface area contributed by atoms with E-state index in [1.54, 1.807) is 4.68 Å². The van der Waals surface area contributed by atoms with E-state index in [1.807, 2.05) is 25.1 Å². The van der Waals surface area contributed by atoms with Gasteiger partial charge in [-0.15, -0.1) is 5.10 Å². The third-order valence-corrected chi connectivity index (χ3v) is 3.53. The number of rotatable bonds is 2. The van der Waals surface area contributed by atoms with Gasteiger partial charge in [-0.25, -0.2) is 4.68 Å². The summed E-state index contributed by atoms with van der Waals surface area (Å²) in [6.07, 6.45) is 0. The highest BCUT2D eigenvalue weighted by Gasteiger charge is 2.15. The zero-order valence-electron chi connectivity index (χ0n) is 9.24. The van der Waals surface area contributed by atoms with Gasteiger partial charge in [0.2, 0.25) is 0 Å². The molecular formula is C11H9Br2N3O. The molecule has 0 aliphatic heterocycles. The first-order valence-electron chi connectivity index (χ1n) is 4.89. The van der Waals surface area contributed by atoms with Crippen LogP contribution in [0.25, 0.3) is 5.69 Å². The zero-order chi connectivity index (χ0) is 12.6. The molecule has 0 amide bonds. The maximum absolute atomic E-state index is 11.3. The van der Waals surface area contributed by atoms with Gasteiger partial charge >= 0.3 is 0 Å². The number of nitrogens with zero attached hydrogens (tertiary/aromatic N) is 3. The number of Topliss-reactive ketones (excluding diaryl/α,β-unsaturated/α-hetero) is 1. The molecule has 0 fully saturated rings. The van der Waals surface area contributed by atoms with E-state index in [2.05, 4.69) is 42.2 Å². The number of ketones is 1. The number of halogens is 2. The summed E-state index contributed by atoms with van der Waals surface area (Å²) >= 11 is 6.86. The van der Waals surface area contributed by atoms with E-state index < -0.39 is 0 Å². The molecule has 0 saturated heterocycles. The molecule has 6 heteroatoms. The Bertz CT molecular complexity index is 592. The molecule has 2 rings (SSSR count). The molecule has 0 radical (unpaired) electrons. The fourth-order valence-corrected chi connectivity index (χ4v) is 2.29. The lowest BCUT2D eigenvalue weighted by Gasteiger charge is -2.06. The summed E-state index contributed by atoms with van der Waals surface area (Å²) in [7, 11) is 0. The van der Waals surface area contributed by atoms with E-state index in [1.165, 1.54) is 6.92 Å². The van der Waals surface area contributed by atoms with E-state index in [-0.39, 0.29) is 5.78 Å². The summed E-state index contributed by atoms with van der Waals surface area (Å²) in [5.74, 6) is -0.0835. The van der Waals surface area contributed by atoms with Crippen LogP contribution in [0, 0.1) is 6.92 Å². The highest BCUT2D eigenvalue weighted by molar-refractivity contribution is 9.11. The van der Waals surface area contributed by atoms with Gasteiger partial charge in [-0.2, -0.15) is 0 Å². The standard InChI is InChI=1S/C11H9Br2N3O/c1-6-11(7(2)17)14-15-16(6)10-5-8(12)3-4-9(10)13/h3-5H,1-2H3. The molecule has 0 unspecified atom stereocenters. The molecular weight excluding hydrogens is 350 g/mol. The fourth-order valence-electron chi connectivity index (χ4n) is 1.53. The molecule has 88 valence electrons. The third-order valence-electron chi connectivity index (χ3n) is 2.36. The molecule has 0 atom stereocenters. The molecule has 1 aromatic carbocycles. The van der Waals surface area contributed by atoms with Gasteiger partial charge < -0.3 is 0 Å². The maximum Gasteiger partial charge on any atom is 0.181 e. The monoisotopic (exact) mass is 357 g/mol. The number of carbonyl (C=O) groups is 1. The van der Waals surface area contributed by atoms with Crippen LogP contribution in [0.2, 0.25) is 0 Å². The smallest absolute Gasteiger partial charge is 0.181 e. The summed E-state index contributed by atoms with van der Waals surface area (Å²) in [6.45, 7) is 3.31. The van der Waals surface area contributed by atoms with Gasteiger partial charge in [-0.05, 0) is 41.1 Å². The summed E-state index contributed by atoms with van der Waals surface area (Å²) in [6, 6.07) is 5.75. The van der Waals surface area contributed by atoms with E-state index in [4.69, 9.17) is 0 Å². The largest absolute Gasteiger partial charge is 0.293 e. The van der Waals surface area contributed by atoms with Crippen molar-refractivity contribution in [3.05, 3.63) is 38.5 Å². The van der Waals surface area contributed by atoms with Crippen LogP contribution in [0.15, 0.2) is 27.1 Å². The molecule has 0 saturated carbocycles. The molecule has 0 N–H and O–H groups in total. The number of carbonyl (C=O) groups excluding carboxylic acids is 1.